The number of phenolic OH excluding ortho intramolecular Hbond substituents is 2. The van der Waals surface area contributed by atoms with Crippen LogP contribution in [-0.4, -0.2) is 15.4 Å². The Morgan fingerprint density at radius 3 is 2.33 bits per heavy atom. The SMILES string of the molecule is Nc1cc(-c2cc(O)cc(C(F)(F)F)c2O)no1. The smallest absolute Gasteiger partial charge is 0.420 e. The summed E-state index contributed by atoms with van der Waals surface area (Å²) in [5.41, 5.74) is 3.45. The highest BCUT2D eigenvalue weighted by atomic mass is 19.4. The maximum Gasteiger partial charge on any atom is 0.420 e. The lowest BCUT2D eigenvalue weighted by Gasteiger charge is -2.11. The van der Waals surface area contributed by atoms with E-state index in [0.29, 0.717) is 6.07 Å². The first-order chi connectivity index (χ1) is 8.29. The second-order valence-electron chi connectivity index (χ2n) is 3.50. The minimum absolute atomic E-state index is 0.105. The third kappa shape index (κ3) is 2.04. The molecule has 1 heterocycles. The maximum atomic E-state index is 12.6. The van der Waals surface area contributed by atoms with Crippen LogP contribution >= 0.6 is 0 Å². The van der Waals surface area contributed by atoms with Crippen LogP contribution in [0.4, 0.5) is 19.1 Å². The Kier molecular flexibility index (Phi) is 2.57. The number of anilines is 1. The van der Waals surface area contributed by atoms with Crippen molar-refractivity contribution in [1.82, 2.24) is 5.16 Å². The topological polar surface area (TPSA) is 92.5 Å². The Bertz CT molecular complexity index is 593. The largest absolute Gasteiger partial charge is 0.508 e. The molecule has 0 saturated carbocycles. The van der Waals surface area contributed by atoms with Crippen molar-refractivity contribution in [2.75, 3.05) is 5.73 Å². The fraction of sp³-hybridized carbons (Fsp3) is 0.100. The molecule has 0 spiro atoms. The van der Waals surface area contributed by atoms with Crippen LogP contribution in [0.3, 0.4) is 0 Å². The molecule has 0 bridgehead atoms. The second kappa shape index (κ2) is 3.83. The summed E-state index contributed by atoms with van der Waals surface area (Å²) in [5, 5.41) is 22.2. The fourth-order valence-corrected chi connectivity index (χ4v) is 1.45. The lowest BCUT2D eigenvalue weighted by Crippen LogP contribution is -2.05. The predicted octanol–water partition coefficient (Wildman–Crippen LogP) is 2.35. The molecule has 0 aliphatic rings. The van der Waals surface area contributed by atoms with Gasteiger partial charge in [-0.1, -0.05) is 5.16 Å². The van der Waals surface area contributed by atoms with Gasteiger partial charge in [0.15, 0.2) is 0 Å². The first-order valence-electron chi connectivity index (χ1n) is 4.65. The molecule has 1 aromatic heterocycles. The average molecular weight is 260 g/mol. The van der Waals surface area contributed by atoms with E-state index >= 15 is 0 Å². The average Bonchev–Trinajstić information content (AvgIpc) is 2.66. The molecule has 8 heteroatoms. The third-order valence-electron chi connectivity index (χ3n) is 2.20. The van der Waals surface area contributed by atoms with Crippen LogP contribution in [0, 0.1) is 0 Å². The number of nitrogen functional groups attached to an aromatic ring is 1. The molecule has 18 heavy (non-hydrogen) atoms. The van der Waals surface area contributed by atoms with Crippen molar-refractivity contribution in [1.29, 1.82) is 0 Å². The number of halogens is 3. The van der Waals surface area contributed by atoms with Crippen molar-refractivity contribution in [3.05, 3.63) is 23.8 Å². The molecular weight excluding hydrogens is 253 g/mol. The standard InChI is InChI=1S/C10H7F3N2O3/c11-10(12,13)6-2-4(16)1-5(9(6)17)7-3-8(14)18-15-7/h1-3,16-17H,14H2. The van der Waals surface area contributed by atoms with Gasteiger partial charge in [0.1, 0.15) is 22.8 Å². The number of benzene rings is 1. The van der Waals surface area contributed by atoms with E-state index in [4.69, 9.17) is 5.73 Å². The van der Waals surface area contributed by atoms with E-state index in [0.717, 1.165) is 12.1 Å². The van der Waals surface area contributed by atoms with Gasteiger partial charge in [0.05, 0.1) is 0 Å². The number of nitrogens with two attached hydrogens (primary N) is 1. The van der Waals surface area contributed by atoms with Gasteiger partial charge in [-0.3, -0.25) is 0 Å². The van der Waals surface area contributed by atoms with Crippen molar-refractivity contribution in [3.8, 4) is 22.8 Å². The molecule has 5 nitrogen and oxygen atoms in total. The fourth-order valence-electron chi connectivity index (χ4n) is 1.45. The molecule has 0 atom stereocenters. The van der Waals surface area contributed by atoms with E-state index in [1.807, 2.05) is 0 Å². The summed E-state index contributed by atoms with van der Waals surface area (Å²) < 4.78 is 42.3. The molecule has 0 aliphatic carbocycles. The summed E-state index contributed by atoms with van der Waals surface area (Å²) in [7, 11) is 0. The van der Waals surface area contributed by atoms with Gasteiger partial charge in [-0.15, -0.1) is 0 Å². The summed E-state index contributed by atoms with van der Waals surface area (Å²) in [6.07, 6.45) is -4.80. The number of rotatable bonds is 1. The van der Waals surface area contributed by atoms with Gasteiger partial charge in [0.25, 0.3) is 0 Å². The molecule has 0 radical (unpaired) electrons. The molecule has 1 aromatic carbocycles. The van der Waals surface area contributed by atoms with Crippen molar-refractivity contribution in [2.24, 2.45) is 0 Å². The van der Waals surface area contributed by atoms with Crippen molar-refractivity contribution < 1.29 is 27.9 Å². The molecule has 0 aliphatic heterocycles. The van der Waals surface area contributed by atoms with Crippen molar-refractivity contribution in [3.63, 3.8) is 0 Å². The number of hydrogen-bond donors (Lipinski definition) is 3. The summed E-state index contributed by atoms with van der Waals surface area (Å²) in [6.45, 7) is 0. The molecule has 4 N–H and O–H groups in total. The summed E-state index contributed by atoms with van der Waals surface area (Å²) >= 11 is 0. The molecule has 0 amide bonds. The molecule has 0 unspecified atom stereocenters. The lowest BCUT2D eigenvalue weighted by molar-refractivity contribution is -0.138. The zero-order valence-electron chi connectivity index (χ0n) is 8.69. The highest BCUT2D eigenvalue weighted by molar-refractivity contribution is 5.72. The summed E-state index contributed by atoms with van der Waals surface area (Å²) in [6, 6.07) is 2.48. The predicted molar refractivity (Wildman–Crippen MR) is 54.7 cm³/mol. The van der Waals surface area contributed by atoms with Gasteiger partial charge in [0, 0.05) is 11.6 Å². The number of alkyl halides is 3. The van der Waals surface area contributed by atoms with Crippen LogP contribution in [-0.2, 0) is 6.18 Å². The normalized spacial score (nSPS) is 11.7. The Morgan fingerprint density at radius 1 is 1.17 bits per heavy atom. The number of aromatic nitrogens is 1. The Labute approximate surface area is 98.2 Å². The van der Waals surface area contributed by atoms with E-state index in [9.17, 15) is 23.4 Å². The number of phenols is 2. The molecule has 96 valence electrons. The summed E-state index contributed by atoms with van der Waals surface area (Å²) in [5.74, 6) is -1.83. The van der Waals surface area contributed by atoms with Gasteiger partial charge in [-0.2, -0.15) is 13.2 Å². The van der Waals surface area contributed by atoms with Gasteiger partial charge in [-0.05, 0) is 12.1 Å². The van der Waals surface area contributed by atoms with Crippen LogP contribution in [0.15, 0.2) is 22.7 Å². The van der Waals surface area contributed by atoms with E-state index in [1.54, 1.807) is 0 Å². The molecule has 2 aromatic rings. The highest BCUT2D eigenvalue weighted by Crippen LogP contribution is 2.43. The van der Waals surface area contributed by atoms with Crippen LogP contribution < -0.4 is 5.73 Å². The zero-order chi connectivity index (χ0) is 13.5. The van der Waals surface area contributed by atoms with E-state index in [2.05, 4.69) is 9.68 Å². The minimum Gasteiger partial charge on any atom is -0.508 e. The van der Waals surface area contributed by atoms with Crippen LogP contribution in [0.2, 0.25) is 0 Å². The van der Waals surface area contributed by atoms with Crippen LogP contribution in [0.1, 0.15) is 5.56 Å². The van der Waals surface area contributed by atoms with E-state index in [-0.39, 0.29) is 17.1 Å². The van der Waals surface area contributed by atoms with Crippen LogP contribution in [0.25, 0.3) is 11.3 Å². The highest BCUT2D eigenvalue weighted by Gasteiger charge is 2.36. The second-order valence-corrected chi connectivity index (χ2v) is 3.50. The van der Waals surface area contributed by atoms with Gasteiger partial charge >= 0.3 is 6.18 Å². The Morgan fingerprint density at radius 2 is 1.83 bits per heavy atom. The molecule has 2 rings (SSSR count). The lowest BCUT2D eigenvalue weighted by atomic mass is 10.0. The Balaban J connectivity index is 2.66. The van der Waals surface area contributed by atoms with Gasteiger partial charge in [0.2, 0.25) is 5.88 Å². The maximum absolute atomic E-state index is 12.6. The first-order valence-corrected chi connectivity index (χ1v) is 4.65. The first kappa shape index (κ1) is 12.1. The molecule has 0 fully saturated rings. The summed E-state index contributed by atoms with van der Waals surface area (Å²) in [4.78, 5) is 0. The van der Waals surface area contributed by atoms with Crippen LogP contribution in [0.5, 0.6) is 11.5 Å². The zero-order valence-corrected chi connectivity index (χ0v) is 8.69. The monoisotopic (exact) mass is 260 g/mol. The van der Waals surface area contributed by atoms with Gasteiger partial charge < -0.3 is 20.5 Å². The van der Waals surface area contributed by atoms with E-state index < -0.39 is 23.2 Å². The number of nitrogens with zero attached hydrogens (tertiary/aromatic N) is 1. The van der Waals surface area contributed by atoms with Crippen molar-refractivity contribution in [2.45, 2.75) is 6.18 Å². The molecular formula is C10H7F3N2O3. The number of aromatic hydroxyl groups is 2. The minimum atomic E-state index is -4.80. The molecule has 0 saturated heterocycles. The number of hydrogen-bond acceptors (Lipinski definition) is 5. The van der Waals surface area contributed by atoms with E-state index in [1.165, 1.54) is 0 Å². The Hall–Kier alpha value is -2.38. The van der Waals surface area contributed by atoms with Crippen molar-refractivity contribution >= 4 is 5.88 Å². The third-order valence-corrected chi connectivity index (χ3v) is 2.20. The quantitative estimate of drug-likeness (QED) is 0.684. The van der Waals surface area contributed by atoms with Gasteiger partial charge in [-0.25, -0.2) is 0 Å².